The number of rotatable bonds is 7. The number of hydrogen-bond acceptors (Lipinski definition) is 9. The Morgan fingerprint density at radius 2 is 1.24 bits per heavy atom. The summed E-state index contributed by atoms with van der Waals surface area (Å²) in [5, 5.41) is 19.3. The Morgan fingerprint density at radius 3 is 1.76 bits per heavy atom. The third kappa shape index (κ3) is 7.30. The third-order valence-electron chi connectivity index (χ3n) is 9.55. The normalized spacial score (nSPS) is 15.5. The minimum absolute atomic E-state index is 0.338. The fourth-order valence-electron chi connectivity index (χ4n) is 6.94. The summed E-state index contributed by atoms with van der Waals surface area (Å²) in [6.45, 7) is 5.69. The zero-order valence-electron chi connectivity index (χ0n) is 28.3. The number of para-hydroxylation sites is 2. The average molecular weight is 691 g/mol. The molecule has 4 aromatic heterocycles. The Morgan fingerprint density at radius 1 is 0.755 bits per heavy atom. The Balaban J connectivity index is 0.000000154. The van der Waals surface area contributed by atoms with Crippen LogP contribution in [-0.4, -0.2) is 37.6 Å². The Labute approximate surface area is 295 Å². The number of carbonyl (C=O) groups excluding carboxylic acids is 1. The van der Waals surface area contributed by atoms with Gasteiger partial charge in [-0.05, 0) is 70.7 Å². The number of ether oxygens (including phenoxy) is 1. The van der Waals surface area contributed by atoms with Crippen LogP contribution in [0.2, 0.25) is 0 Å². The van der Waals surface area contributed by atoms with E-state index >= 15 is 0 Å². The molecule has 0 bridgehead atoms. The van der Waals surface area contributed by atoms with Crippen LogP contribution in [0.15, 0.2) is 71.4 Å². The summed E-state index contributed by atoms with van der Waals surface area (Å²) in [5.41, 5.74) is 5.70. The van der Waals surface area contributed by atoms with Crippen molar-refractivity contribution in [2.75, 3.05) is 6.61 Å². The highest BCUT2D eigenvalue weighted by Gasteiger charge is 2.24. The number of fused-ring (bicyclic) bond motifs is 2. The molecule has 1 N–H and O–H groups in total. The smallest absolute Gasteiger partial charge is 0.356 e. The van der Waals surface area contributed by atoms with Gasteiger partial charge < -0.3 is 9.84 Å². The van der Waals surface area contributed by atoms with Crippen molar-refractivity contribution in [2.24, 2.45) is 0 Å². The molecule has 4 heterocycles. The number of pyridine rings is 2. The van der Waals surface area contributed by atoms with Crippen molar-refractivity contribution in [1.29, 1.82) is 0 Å². The van der Waals surface area contributed by atoms with E-state index in [0.29, 0.717) is 29.8 Å². The summed E-state index contributed by atoms with van der Waals surface area (Å²) in [7, 11) is 0. The predicted molar refractivity (Wildman–Crippen MR) is 199 cm³/mol. The zero-order valence-corrected chi connectivity index (χ0v) is 29.9. The lowest BCUT2D eigenvalue weighted by atomic mass is 9.98. The molecule has 49 heavy (non-hydrogen) atoms. The highest BCUT2D eigenvalue weighted by atomic mass is 32.1. The maximum absolute atomic E-state index is 12.2. The van der Waals surface area contributed by atoms with Gasteiger partial charge in [0.1, 0.15) is 11.3 Å². The molecule has 9 heteroatoms. The molecule has 6 aromatic rings. The largest absolute Gasteiger partial charge is 0.461 e. The fourth-order valence-corrected chi connectivity index (χ4v) is 8.92. The molecule has 0 amide bonds. The summed E-state index contributed by atoms with van der Waals surface area (Å²) in [6.07, 6.45) is 10.2. The van der Waals surface area contributed by atoms with Crippen LogP contribution in [0.4, 0.5) is 0 Å². The van der Waals surface area contributed by atoms with Crippen molar-refractivity contribution in [3.05, 3.63) is 92.8 Å². The number of carbonyl (C=O) groups is 1. The summed E-state index contributed by atoms with van der Waals surface area (Å²) in [4.78, 5) is 31.1. The van der Waals surface area contributed by atoms with Crippen LogP contribution in [-0.2, 0) is 10.3 Å². The molecule has 0 unspecified atom stereocenters. The number of aromatic nitrogens is 4. The zero-order chi connectivity index (χ0) is 34.0. The summed E-state index contributed by atoms with van der Waals surface area (Å²) in [5.74, 6) is 0.836. The minimum Gasteiger partial charge on any atom is -0.461 e. The SMILES string of the molecule is CC(C)(O)c1cc(-c2csc(C3CCCC3)n2)c2ccccc2n1.CCOC(=O)c1cc(-c2csc(C3CCCC3)n2)c2ccccc2n1. The van der Waals surface area contributed by atoms with E-state index in [2.05, 4.69) is 26.8 Å². The van der Waals surface area contributed by atoms with Gasteiger partial charge in [0.25, 0.3) is 0 Å². The lowest BCUT2D eigenvalue weighted by Crippen LogP contribution is -2.17. The van der Waals surface area contributed by atoms with Gasteiger partial charge in [0, 0.05) is 44.5 Å². The van der Waals surface area contributed by atoms with Crippen molar-refractivity contribution >= 4 is 50.4 Å². The lowest BCUT2D eigenvalue weighted by molar-refractivity contribution is 0.0520. The standard InChI is InChI=1S/C20H20N2O2S.C20H22N2OS/c1-2-24-20(23)17-11-15(14-9-5-6-10-16(14)21-17)18-12-25-19(22-18)13-7-3-4-8-13;1-20(2,23)18-11-15(14-9-5-6-10-16(14)21-18)17-12-24-19(22-17)13-7-3-4-8-13/h5-6,9-13H,2-4,7-8H2,1H3;5-6,9-13,23H,3-4,7-8H2,1-2H3. The fraction of sp³-hybridized carbons (Fsp3) is 0.375. The van der Waals surface area contributed by atoms with Crippen LogP contribution in [0.5, 0.6) is 0 Å². The highest BCUT2D eigenvalue weighted by molar-refractivity contribution is 7.10. The molecule has 0 atom stereocenters. The quantitative estimate of drug-likeness (QED) is 0.166. The summed E-state index contributed by atoms with van der Waals surface area (Å²) in [6, 6.07) is 19.8. The molecule has 2 fully saturated rings. The first-order valence-electron chi connectivity index (χ1n) is 17.4. The molecule has 2 saturated carbocycles. The van der Waals surface area contributed by atoms with E-state index in [1.807, 2.05) is 54.6 Å². The molecule has 2 aliphatic rings. The Kier molecular flexibility index (Phi) is 9.85. The first-order chi connectivity index (χ1) is 23.8. The number of thiazole rings is 2. The van der Waals surface area contributed by atoms with Crippen molar-refractivity contribution in [2.45, 2.75) is 89.6 Å². The molecule has 252 valence electrons. The molecule has 0 spiro atoms. The van der Waals surface area contributed by atoms with Crippen molar-refractivity contribution < 1.29 is 14.6 Å². The second-order valence-electron chi connectivity index (χ2n) is 13.5. The number of benzene rings is 2. The van der Waals surface area contributed by atoms with Gasteiger partial charge >= 0.3 is 5.97 Å². The van der Waals surface area contributed by atoms with E-state index in [1.165, 1.54) is 61.4 Å². The Hall–Kier alpha value is -4.05. The molecular weight excluding hydrogens is 649 g/mol. The summed E-state index contributed by atoms with van der Waals surface area (Å²) >= 11 is 3.50. The van der Waals surface area contributed by atoms with E-state index in [4.69, 9.17) is 14.7 Å². The van der Waals surface area contributed by atoms with E-state index < -0.39 is 5.60 Å². The van der Waals surface area contributed by atoms with Gasteiger partial charge in [0.15, 0.2) is 0 Å². The van der Waals surface area contributed by atoms with Crippen LogP contribution in [0.1, 0.15) is 110 Å². The molecule has 0 saturated heterocycles. The van der Waals surface area contributed by atoms with Gasteiger partial charge in [0.2, 0.25) is 0 Å². The van der Waals surface area contributed by atoms with Crippen LogP contribution < -0.4 is 0 Å². The topological polar surface area (TPSA) is 98.1 Å². The van der Waals surface area contributed by atoms with Crippen LogP contribution in [0.3, 0.4) is 0 Å². The monoisotopic (exact) mass is 690 g/mol. The first kappa shape index (κ1) is 33.4. The van der Waals surface area contributed by atoms with Crippen LogP contribution in [0, 0.1) is 0 Å². The third-order valence-corrected chi connectivity index (χ3v) is 11.6. The maximum atomic E-state index is 12.2. The van der Waals surface area contributed by atoms with Gasteiger partial charge in [-0.3, -0.25) is 0 Å². The molecule has 2 aliphatic carbocycles. The minimum atomic E-state index is -0.969. The lowest BCUT2D eigenvalue weighted by Gasteiger charge is -2.18. The van der Waals surface area contributed by atoms with E-state index in [9.17, 15) is 9.90 Å². The molecule has 0 radical (unpaired) electrons. The van der Waals surface area contributed by atoms with Gasteiger partial charge in [-0.2, -0.15) is 0 Å². The van der Waals surface area contributed by atoms with Crippen LogP contribution in [0.25, 0.3) is 44.3 Å². The number of hydrogen-bond donors (Lipinski definition) is 1. The van der Waals surface area contributed by atoms with Gasteiger partial charge in [-0.15, -0.1) is 22.7 Å². The van der Waals surface area contributed by atoms with E-state index in [-0.39, 0.29) is 5.97 Å². The number of nitrogens with zero attached hydrogens (tertiary/aromatic N) is 4. The first-order valence-corrected chi connectivity index (χ1v) is 19.2. The van der Waals surface area contributed by atoms with Gasteiger partial charge in [-0.1, -0.05) is 62.1 Å². The second kappa shape index (κ2) is 14.4. The maximum Gasteiger partial charge on any atom is 0.356 e. The second-order valence-corrected chi connectivity index (χ2v) is 15.3. The average Bonchev–Trinajstić information content (AvgIpc) is 3.95. The number of aliphatic hydroxyl groups is 1. The molecular formula is C40H42N4O3S2. The molecule has 8 rings (SSSR count). The van der Waals surface area contributed by atoms with Crippen molar-refractivity contribution in [3.8, 4) is 22.5 Å². The highest BCUT2D eigenvalue weighted by Crippen LogP contribution is 2.40. The van der Waals surface area contributed by atoms with Crippen molar-refractivity contribution in [3.63, 3.8) is 0 Å². The molecule has 0 aliphatic heterocycles. The van der Waals surface area contributed by atoms with E-state index in [0.717, 1.165) is 44.3 Å². The molecule has 7 nitrogen and oxygen atoms in total. The van der Waals surface area contributed by atoms with Crippen LogP contribution >= 0.6 is 22.7 Å². The predicted octanol–water partition coefficient (Wildman–Crippen LogP) is 10.4. The Bertz CT molecular complexity index is 2080. The van der Waals surface area contributed by atoms with Gasteiger partial charge in [-0.25, -0.2) is 24.7 Å². The summed E-state index contributed by atoms with van der Waals surface area (Å²) < 4.78 is 5.13. The number of esters is 1. The van der Waals surface area contributed by atoms with Crippen molar-refractivity contribution in [1.82, 2.24) is 19.9 Å². The van der Waals surface area contributed by atoms with Gasteiger partial charge in [0.05, 0.1) is 44.7 Å². The molecule has 2 aromatic carbocycles. The van der Waals surface area contributed by atoms with E-state index in [1.54, 1.807) is 43.4 Å².